The molecular weight excluding hydrogens is 284 g/mol. The normalized spacial score (nSPS) is 11.2. The van der Waals surface area contributed by atoms with Crippen LogP contribution in [0.2, 0.25) is 0 Å². The van der Waals surface area contributed by atoms with Crippen LogP contribution in [0.5, 0.6) is 34.5 Å². The molecule has 1 aromatic heterocycles. The van der Waals surface area contributed by atoms with Crippen molar-refractivity contribution in [2.75, 3.05) is 0 Å². The molecule has 0 fully saturated rings. The number of phenols is 6. The first-order valence-electron chi connectivity index (χ1n) is 5.61. The second kappa shape index (κ2) is 3.85. The van der Waals surface area contributed by atoms with Crippen molar-refractivity contribution in [3.63, 3.8) is 0 Å². The molecule has 0 radical (unpaired) electrons. The molecule has 2 aromatic carbocycles. The van der Waals surface area contributed by atoms with E-state index in [9.17, 15) is 35.4 Å². The van der Waals surface area contributed by atoms with E-state index in [1.807, 2.05) is 0 Å². The van der Waals surface area contributed by atoms with Crippen LogP contribution in [0.15, 0.2) is 21.3 Å². The van der Waals surface area contributed by atoms with Gasteiger partial charge in [0.05, 0.1) is 5.39 Å². The molecule has 8 heteroatoms. The van der Waals surface area contributed by atoms with Gasteiger partial charge in [0, 0.05) is 0 Å². The van der Waals surface area contributed by atoms with Crippen LogP contribution in [0.4, 0.5) is 0 Å². The molecule has 0 aliphatic heterocycles. The number of hydrogen-bond acceptors (Lipinski definition) is 8. The van der Waals surface area contributed by atoms with Crippen molar-refractivity contribution < 1.29 is 35.1 Å². The van der Waals surface area contributed by atoms with Crippen LogP contribution >= 0.6 is 0 Å². The van der Waals surface area contributed by atoms with Gasteiger partial charge in [-0.15, -0.1) is 0 Å². The molecule has 0 atom stereocenters. The van der Waals surface area contributed by atoms with Crippen LogP contribution in [0.1, 0.15) is 0 Å². The van der Waals surface area contributed by atoms with Crippen LogP contribution in [0, 0.1) is 0 Å². The fourth-order valence-corrected chi connectivity index (χ4v) is 2.07. The molecule has 8 nitrogen and oxygen atoms in total. The Morgan fingerprint density at radius 2 is 1.33 bits per heavy atom. The lowest BCUT2D eigenvalue weighted by Crippen LogP contribution is -2.03. The molecule has 0 unspecified atom stereocenters. The van der Waals surface area contributed by atoms with Gasteiger partial charge in [0.25, 0.3) is 0 Å². The van der Waals surface area contributed by atoms with E-state index in [2.05, 4.69) is 0 Å². The molecule has 21 heavy (non-hydrogen) atoms. The van der Waals surface area contributed by atoms with E-state index in [1.54, 1.807) is 0 Å². The Labute approximate surface area is 115 Å². The largest absolute Gasteiger partial charge is 0.504 e. The lowest BCUT2D eigenvalue weighted by Gasteiger charge is -2.09. The summed E-state index contributed by atoms with van der Waals surface area (Å²) < 4.78 is 5.09. The third-order valence-electron chi connectivity index (χ3n) is 3.14. The molecule has 0 saturated carbocycles. The Morgan fingerprint density at radius 3 is 2.00 bits per heavy atom. The Morgan fingerprint density at radius 1 is 0.714 bits per heavy atom. The van der Waals surface area contributed by atoms with Crippen molar-refractivity contribution in [1.82, 2.24) is 0 Å². The highest BCUT2D eigenvalue weighted by molar-refractivity contribution is 6.00. The summed E-state index contributed by atoms with van der Waals surface area (Å²) in [5.74, 6) is -5.41. The summed E-state index contributed by atoms with van der Waals surface area (Å²) in [6, 6.07) is 2.17. The summed E-state index contributed by atoms with van der Waals surface area (Å²) in [4.78, 5) is 12.3. The van der Waals surface area contributed by atoms with Crippen molar-refractivity contribution in [3.8, 4) is 34.5 Å². The minimum absolute atomic E-state index is 0.197. The maximum Gasteiger partial charge on any atom is 0.208 e. The highest BCUT2D eigenvalue weighted by Gasteiger charge is 2.24. The second-order valence-corrected chi connectivity index (χ2v) is 4.34. The van der Waals surface area contributed by atoms with Crippen LogP contribution in [0.3, 0.4) is 0 Å². The fourth-order valence-electron chi connectivity index (χ4n) is 2.07. The van der Waals surface area contributed by atoms with Gasteiger partial charge in [-0.1, -0.05) is 0 Å². The highest BCUT2D eigenvalue weighted by atomic mass is 16.4. The van der Waals surface area contributed by atoms with Crippen molar-refractivity contribution >= 4 is 21.9 Å². The van der Waals surface area contributed by atoms with E-state index in [1.165, 1.54) is 0 Å². The van der Waals surface area contributed by atoms with E-state index in [4.69, 9.17) is 4.42 Å². The maximum atomic E-state index is 12.3. The van der Waals surface area contributed by atoms with Gasteiger partial charge < -0.3 is 35.1 Å². The average Bonchev–Trinajstić information content (AvgIpc) is 2.46. The van der Waals surface area contributed by atoms with Gasteiger partial charge in [-0.05, 0) is 12.1 Å². The predicted molar refractivity (Wildman–Crippen MR) is 70.0 cm³/mol. The van der Waals surface area contributed by atoms with E-state index in [0.717, 1.165) is 12.1 Å². The first-order valence-corrected chi connectivity index (χ1v) is 5.61. The zero-order chi connectivity index (χ0) is 15.5. The van der Waals surface area contributed by atoms with Gasteiger partial charge in [0.1, 0.15) is 5.39 Å². The molecule has 6 N–H and O–H groups in total. The number of aromatic hydroxyl groups is 6. The highest BCUT2D eigenvalue weighted by Crippen LogP contribution is 2.48. The monoisotopic (exact) mass is 292 g/mol. The minimum Gasteiger partial charge on any atom is -0.504 e. The molecule has 0 aliphatic carbocycles. The van der Waals surface area contributed by atoms with Crippen molar-refractivity contribution in [3.05, 3.63) is 22.4 Å². The van der Waals surface area contributed by atoms with Crippen molar-refractivity contribution in [1.29, 1.82) is 0 Å². The molecule has 3 rings (SSSR count). The number of phenolic OH excluding ortho intramolecular Hbond substituents is 6. The predicted octanol–water partition coefficient (Wildman–Crippen LogP) is 1.18. The molecule has 0 saturated heterocycles. The molecule has 0 aliphatic rings. The summed E-state index contributed by atoms with van der Waals surface area (Å²) in [6.45, 7) is 0. The summed E-state index contributed by atoms with van der Waals surface area (Å²) in [6.07, 6.45) is 0. The molecular formula is C13H8O8. The van der Waals surface area contributed by atoms with Crippen LogP contribution in [0.25, 0.3) is 21.9 Å². The molecule has 0 bridgehead atoms. The first-order chi connectivity index (χ1) is 9.84. The van der Waals surface area contributed by atoms with Crippen molar-refractivity contribution in [2.24, 2.45) is 0 Å². The first kappa shape index (κ1) is 12.7. The second-order valence-electron chi connectivity index (χ2n) is 4.34. The SMILES string of the molecule is O=c1c2ccc(O)c(O)c2oc2c(O)c(O)c(O)c(O)c12. The van der Waals surface area contributed by atoms with Gasteiger partial charge >= 0.3 is 0 Å². The number of fused-ring (bicyclic) bond motifs is 2. The molecule has 3 aromatic rings. The Hall–Kier alpha value is -3.29. The Kier molecular flexibility index (Phi) is 2.34. The number of hydrogen-bond donors (Lipinski definition) is 6. The minimum atomic E-state index is -1.08. The molecule has 0 spiro atoms. The Bertz CT molecular complexity index is 970. The summed E-state index contributed by atoms with van der Waals surface area (Å²) in [5.41, 5.74) is -1.95. The van der Waals surface area contributed by atoms with E-state index >= 15 is 0 Å². The standard InChI is InChI=1S/C13H8O8/c14-4-2-1-3-6(15)5-8(17)9(18)10(19)11(20)13(5)21-12(3)7(4)16/h1-2,14,16-20H. The number of rotatable bonds is 0. The maximum absolute atomic E-state index is 12.3. The quantitative estimate of drug-likeness (QED) is 0.205. The van der Waals surface area contributed by atoms with Gasteiger partial charge in [0.2, 0.25) is 28.4 Å². The third-order valence-corrected chi connectivity index (χ3v) is 3.14. The average molecular weight is 292 g/mol. The number of benzene rings is 2. The zero-order valence-electron chi connectivity index (χ0n) is 10.2. The topological polar surface area (TPSA) is 152 Å². The molecule has 108 valence electrons. The van der Waals surface area contributed by atoms with E-state index in [0.29, 0.717) is 0 Å². The summed E-state index contributed by atoms with van der Waals surface area (Å²) in [7, 11) is 0. The lowest BCUT2D eigenvalue weighted by atomic mass is 10.1. The molecule has 0 amide bonds. The van der Waals surface area contributed by atoms with E-state index in [-0.39, 0.29) is 5.39 Å². The third kappa shape index (κ3) is 1.46. The zero-order valence-corrected chi connectivity index (χ0v) is 10.2. The lowest BCUT2D eigenvalue weighted by molar-refractivity contribution is 0.347. The van der Waals surface area contributed by atoms with Crippen LogP contribution in [-0.2, 0) is 0 Å². The van der Waals surface area contributed by atoms with Crippen LogP contribution < -0.4 is 5.43 Å². The fraction of sp³-hybridized carbons (Fsp3) is 0. The van der Waals surface area contributed by atoms with Gasteiger partial charge in [-0.25, -0.2) is 0 Å². The van der Waals surface area contributed by atoms with Crippen molar-refractivity contribution in [2.45, 2.75) is 0 Å². The van der Waals surface area contributed by atoms with E-state index < -0.39 is 56.5 Å². The summed E-state index contributed by atoms with van der Waals surface area (Å²) >= 11 is 0. The molecule has 1 heterocycles. The van der Waals surface area contributed by atoms with Gasteiger partial charge in [0.15, 0.2) is 22.7 Å². The van der Waals surface area contributed by atoms with Gasteiger partial charge in [-0.3, -0.25) is 4.79 Å². The Balaban J connectivity index is 2.71. The summed E-state index contributed by atoms with van der Waals surface area (Å²) in [5, 5.41) is 56.6. The smallest absolute Gasteiger partial charge is 0.208 e. The van der Waals surface area contributed by atoms with Gasteiger partial charge in [-0.2, -0.15) is 0 Å². The van der Waals surface area contributed by atoms with Crippen LogP contribution in [-0.4, -0.2) is 30.6 Å².